The molecule has 0 aliphatic heterocycles. The molecule has 0 bridgehead atoms. The maximum atomic E-state index is 10.5. The molecule has 3 nitrogen and oxygen atoms in total. The Morgan fingerprint density at radius 2 is 1.81 bits per heavy atom. The van der Waals surface area contributed by atoms with Crippen LogP contribution in [-0.2, 0) is 10.3 Å². The van der Waals surface area contributed by atoms with E-state index in [4.69, 9.17) is 5.26 Å². The molecule has 0 saturated heterocycles. The second-order valence-corrected chi connectivity index (χ2v) is 4.13. The van der Waals surface area contributed by atoms with Gasteiger partial charge in [0.2, 0.25) is 6.08 Å². The Balaban J connectivity index is 2.40. The average Bonchev–Trinajstić information content (AvgIpc) is 2.80. The largest absolute Gasteiger partial charge is 0.235 e. The third-order valence-corrected chi connectivity index (χ3v) is 3.24. The molecule has 16 heavy (non-hydrogen) atoms. The number of carbonyl (C=O) groups excluding carboxylic acids is 1. The van der Waals surface area contributed by atoms with Crippen molar-refractivity contribution in [1.82, 2.24) is 0 Å². The van der Waals surface area contributed by atoms with Crippen LogP contribution in [-0.4, -0.2) is 6.08 Å². The van der Waals surface area contributed by atoms with Gasteiger partial charge in [0.05, 0.1) is 17.2 Å². The second kappa shape index (κ2) is 4.30. The predicted octanol–water partition coefficient (Wildman–Crippen LogP) is 2.66. The number of aliphatic imine (C=N–C) groups is 1. The minimum Gasteiger partial charge on any atom is -0.211 e. The van der Waals surface area contributed by atoms with Gasteiger partial charge in [-0.25, -0.2) is 4.79 Å². The van der Waals surface area contributed by atoms with Gasteiger partial charge in [-0.2, -0.15) is 10.3 Å². The summed E-state index contributed by atoms with van der Waals surface area (Å²) in [5.41, 5.74) is 1.27. The minimum absolute atomic E-state index is 0.379. The van der Waals surface area contributed by atoms with Crippen molar-refractivity contribution in [3.05, 3.63) is 35.4 Å². The first-order chi connectivity index (χ1) is 7.80. The molecule has 0 amide bonds. The van der Waals surface area contributed by atoms with E-state index in [1.54, 1.807) is 18.2 Å². The molecule has 0 spiro atoms. The summed E-state index contributed by atoms with van der Waals surface area (Å²) in [6, 6.07) is 9.42. The average molecular weight is 212 g/mol. The van der Waals surface area contributed by atoms with Gasteiger partial charge in [-0.15, -0.1) is 0 Å². The first-order valence-electron chi connectivity index (χ1n) is 5.40. The molecule has 1 aliphatic carbocycles. The number of isocyanates is 1. The third kappa shape index (κ3) is 1.76. The van der Waals surface area contributed by atoms with Crippen LogP contribution in [0.3, 0.4) is 0 Å². The highest BCUT2D eigenvalue weighted by molar-refractivity contribution is 5.40. The Labute approximate surface area is 94.4 Å². The monoisotopic (exact) mass is 212 g/mol. The summed E-state index contributed by atoms with van der Waals surface area (Å²) in [5.74, 6) is 0. The van der Waals surface area contributed by atoms with Gasteiger partial charge in [-0.05, 0) is 30.5 Å². The topological polar surface area (TPSA) is 53.2 Å². The van der Waals surface area contributed by atoms with E-state index in [1.165, 1.54) is 0 Å². The number of benzene rings is 1. The molecule has 3 heteroatoms. The minimum atomic E-state index is -0.379. The van der Waals surface area contributed by atoms with Crippen LogP contribution in [0.1, 0.15) is 36.8 Å². The quantitative estimate of drug-likeness (QED) is 0.559. The van der Waals surface area contributed by atoms with Crippen molar-refractivity contribution in [3.8, 4) is 6.07 Å². The Hall–Kier alpha value is -1.91. The van der Waals surface area contributed by atoms with Gasteiger partial charge in [0.1, 0.15) is 0 Å². The fourth-order valence-electron chi connectivity index (χ4n) is 2.37. The van der Waals surface area contributed by atoms with E-state index in [1.807, 2.05) is 12.1 Å². The van der Waals surface area contributed by atoms with E-state index in [9.17, 15) is 4.79 Å². The fraction of sp³-hybridized carbons (Fsp3) is 0.385. The molecule has 1 saturated carbocycles. The number of nitriles is 1. The van der Waals surface area contributed by atoms with E-state index in [0.29, 0.717) is 5.56 Å². The molecule has 80 valence electrons. The lowest BCUT2D eigenvalue weighted by Gasteiger charge is -2.22. The van der Waals surface area contributed by atoms with Crippen molar-refractivity contribution in [1.29, 1.82) is 5.26 Å². The predicted molar refractivity (Wildman–Crippen MR) is 59.4 cm³/mol. The lowest BCUT2D eigenvalue weighted by Crippen LogP contribution is -2.18. The Bertz CT molecular complexity index is 458. The van der Waals surface area contributed by atoms with Crippen molar-refractivity contribution in [2.24, 2.45) is 4.99 Å². The van der Waals surface area contributed by atoms with Crippen molar-refractivity contribution in [3.63, 3.8) is 0 Å². The van der Waals surface area contributed by atoms with Crippen LogP contribution < -0.4 is 0 Å². The van der Waals surface area contributed by atoms with Gasteiger partial charge in [0.25, 0.3) is 0 Å². The van der Waals surface area contributed by atoms with Crippen LogP contribution in [0.5, 0.6) is 0 Å². The molecule has 2 rings (SSSR count). The first-order valence-corrected chi connectivity index (χ1v) is 5.40. The van der Waals surface area contributed by atoms with E-state index in [0.717, 1.165) is 31.2 Å². The summed E-state index contributed by atoms with van der Waals surface area (Å²) in [5, 5.41) is 8.73. The van der Waals surface area contributed by atoms with Crippen molar-refractivity contribution >= 4 is 6.08 Å². The summed E-state index contributed by atoms with van der Waals surface area (Å²) >= 11 is 0. The molecule has 0 atom stereocenters. The summed E-state index contributed by atoms with van der Waals surface area (Å²) in [7, 11) is 0. The van der Waals surface area contributed by atoms with E-state index >= 15 is 0 Å². The molecule has 0 heterocycles. The molecule has 1 aromatic carbocycles. The number of hydrogen-bond acceptors (Lipinski definition) is 3. The highest BCUT2D eigenvalue weighted by atomic mass is 16.1. The van der Waals surface area contributed by atoms with Gasteiger partial charge in [-0.1, -0.05) is 25.0 Å². The lowest BCUT2D eigenvalue weighted by molar-refractivity contribution is 0.456. The highest BCUT2D eigenvalue weighted by Gasteiger charge is 2.35. The number of hydrogen-bond donors (Lipinski definition) is 0. The molecule has 1 aliphatic rings. The Morgan fingerprint density at radius 3 is 2.31 bits per heavy atom. The zero-order valence-corrected chi connectivity index (χ0v) is 8.94. The molecule has 1 aromatic rings. The number of rotatable bonds is 2. The molecule has 0 N–H and O–H groups in total. The Kier molecular flexibility index (Phi) is 2.85. The van der Waals surface area contributed by atoms with E-state index in [-0.39, 0.29) is 5.54 Å². The normalized spacial score (nSPS) is 17.4. The van der Waals surface area contributed by atoms with E-state index in [2.05, 4.69) is 11.1 Å². The molecular formula is C13H12N2O. The maximum Gasteiger partial charge on any atom is 0.235 e. The first kappa shape index (κ1) is 10.6. The molecule has 0 unspecified atom stereocenters. The van der Waals surface area contributed by atoms with Crippen molar-refractivity contribution < 1.29 is 4.79 Å². The maximum absolute atomic E-state index is 10.5. The lowest BCUT2D eigenvalue weighted by atomic mass is 9.88. The van der Waals surface area contributed by atoms with Crippen molar-refractivity contribution in [2.45, 2.75) is 31.2 Å². The summed E-state index contributed by atoms with van der Waals surface area (Å²) < 4.78 is 0. The van der Waals surface area contributed by atoms with Gasteiger partial charge >= 0.3 is 0 Å². The fourth-order valence-corrected chi connectivity index (χ4v) is 2.37. The van der Waals surface area contributed by atoms with Crippen LogP contribution in [0.2, 0.25) is 0 Å². The van der Waals surface area contributed by atoms with E-state index < -0.39 is 0 Å². The van der Waals surface area contributed by atoms with Gasteiger partial charge in [-0.3, -0.25) is 0 Å². The highest BCUT2D eigenvalue weighted by Crippen LogP contribution is 2.41. The summed E-state index contributed by atoms with van der Waals surface area (Å²) in [4.78, 5) is 14.5. The second-order valence-electron chi connectivity index (χ2n) is 4.13. The van der Waals surface area contributed by atoms with Crippen molar-refractivity contribution in [2.75, 3.05) is 0 Å². The van der Waals surface area contributed by atoms with Crippen LogP contribution in [0, 0.1) is 11.3 Å². The summed E-state index contributed by atoms with van der Waals surface area (Å²) in [6.07, 6.45) is 5.66. The third-order valence-electron chi connectivity index (χ3n) is 3.24. The Morgan fingerprint density at radius 1 is 1.19 bits per heavy atom. The standard InChI is InChI=1S/C13H12N2O/c14-9-11-3-5-12(6-4-11)13(15-10-16)7-1-2-8-13/h3-6H,1-2,7-8H2. The van der Waals surface area contributed by atoms with Crippen LogP contribution in [0.25, 0.3) is 0 Å². The zero-order valence-electron chi connectivity index (χ0n) is 8.94. The van der Waals surface area contributed by atoms with Gasteiger partial charge in [0, 0.05) is 0 Å². The summed E-state index contributed by atoms with van der Waals surface area (Å²) in [6.45, 7) is 0. The molecular weight excluding hydrogens is 200 g/mol. The van der Waals surface area contributed by atoms with Crippen LogP contribution in [0.15, 0.2) is 29.3 Å². The SMILES string of the molecule is N#Cc1ccc(C2(N=C=O)CCCC2)cc1. The van der Waals surface area contributed by atoms with Gasteiger partial charge < -0.3 is 0 Å². The molecule has 1 fully saturated rings. The van der Waals surface area contributed by atoms with Gasteiger partial charge in [0.15, 0.2) is 0 Å². The zero-order chi connectivity index (χ0) is 11.4. The number of nitrogens with zero attached hydrogens (tertiary/aromatic N) is 2. The smallest absolute Gasteiger partial charge is 0.211 e. The molecule has 0 aromatic heterocycles. The molecule has 0 radical (unpaired) electrons. The van der Waals surface area contributed by atoms with Crippen LogP contribution >= 0.6 is 0 Å². The van der Waals surface area contributed by atoms with Crippen LogP contribution in [0.4, 0.5) is 0 Å².